The van der Waals surface area contributed by atoms with E-state index in [1.54, 1.807) is 6.07 Å². The van der Waals surface area contributed by atoms with Crippen molar-refractivity contribution in [1.82, 2.24) is 9.97 Å². The predicted molar refractivity (Wildman–Crippen MR) is 70.8 cm³/mol. The summed E-state index contributed by atoms with van der Waals surface area (Å²) < 4.78 is 9.88. The zero-order valence-electron chi connectivity index (χ0n) is 11.1. The van der Waals surface area contributed by atoms with E-state index in [2.05, 4.69) is 14.7 Å². The topological polar surface area (TPSA) is 104 Å². The number of carbonyl (C=O) groups excluding carboxylic acids is 1. The highest BCUT2D eigenvalue weighted by Crippen LogP contribution is 2.23. The first kappa shape index (κ1) is 14.4. The van der Waals surface area contributed by atoms with Gasteiger partial charge < -0.3 is 19.6 Å². The van der Waals surface area contributed by atoms with Crippen molar-refractivity contribution >= 4 is 11.8 Å². The molecule has 21 heavy (non-hydrogen) atoms. The van der Waals surface area contributed by atoms with Gasteiger partial charge in [-0.3, -0.25) is 4.98 Å². The highest BCUT2D eigenvalue weighted by atomic mass is 16.6. The van der Waals surface area contributed by atoms with Gasteiger partial charge in [-0.2, -0.15) is 0 Å². The number of rotatable bonds is 5. The van der Waals surface area contributed by atoms with Crippen molar-refractivity contribution in [1.29, 1.82) is 0 Å². The fourth-order valence-corrected chi connectivity index (χ4v) is 1.53. The van der Waals surface area contributed by atoms with Gasteiger partial charge in [0, 0.05) is 6.20 Å². The average molecular weight is 289 g/mol. The van der Waals surface area contributed by atoms with Gasteiger partial charge in [0.2, 0.25) is 5.75 Å². The van der Waals surface area contributed by atoms with Gasteiger partial charge in [-0.05, 0) is 34.2 Å². The zero-order chi connectivity index (χ0) is 15.2. The molecular formula is C13H11N3O5. The Labute approximate surface area is 119 Å². The van der Waals surface area contributed by atoms with Crippen LogP contribution in [0.5, 0.6) is 5.75 Å². The summed E-state index contributed by atoms with van der Waals surface area (Å²) in [6.45, 7) is 0.0218. The summed E-state index contributed by atoms with van der Waals surface area (Å²) in [5, 5.41) is 10.8. The molecule has 0 radical (unpaired) electrons. The lowest BCUT2D eigenvalue weighted by Gasteiger charge is -2.06. The molecule has 108 valence electrons. The zero-order valence-corrected chi connectivity index (χ0v) is 11.1. The summed E-state index contributed by atoms with van der Waals surface area (Å²) in [6.07, 6.45) is 2.66. The molecule has 0 aromatic carbocycles. The molecule has 2 rings (SSSR count). The highest BCUT2D eigenvalue weighted by molar-refractivity contribution is 5.88. The molecule has 8 nitrogen and oxygen atoms in total. The van der Waals surface area contributed by atoms with Gasteiger partial charge in [0.15, 0.2) is 0 Å². The molecule has 0 saturated carbocycles. The molecule has 0 aliphatic rings. The molecule has 0 bridgehead atoms. The fourth-order valence-electron chi connectivity index (χ4n) is 1.53. The molecule has 0 aliphatic carbocycles. The Balaban J connectivity index is 2.07. The van der Waals surface area contributed by atoms with Gasteiger partial charge >= 0.3 is 11.8 Å². The lowest BCUT2D eigenvalue weighted by Crippen LogP contribution is -2.05. The van der Waals surface area contributed by atoms with Crippen molar-refractivity contribution in [2.75, 3.05) is 7.11 Å². The first-order valence-corrected chi connectivity index (χ1v) is 5.87. The maximum Gasteiger partial charge on any atom is 0.406 e. The van der Waals surface area contributed by atoms with Crippen LogP contribution in [0.1, 0.15) is 16.1 Å². The van der Waals surface area contributed by atoms with E-state index >= 15 is 0 Å². The summed E-state index contributed by atoms with van der Waals surface area (Å²) in [4.78, 5) is 29.1. The Hall–Kier alpha value is -3.03. The normalized spacial score (nSPS) is 9.95. The second-order valence-electron chi connectivity index (χ2n) is 3.90. The average Bonchev–Trinajstić information content (AvgIpc) is 2.52. The third kappa shape index (κ3) is 3.50. The van der Waals surface area contributed by atoms with Crippen molar-refractivity contribution < 1.29 is 19.2 Å². The lowest BCUT2D eigenvalue weighted by atomic mass is 10.2. The quantitative estimate of drug-likeness (QED) is 0.469. The maximum atomic E-state index is 11.2. The van der Waals surface area contributed by atoms with Crippen LogP contribution in [0.2, 0.25) is 0 Å². The third-order valence-corrected chi connectivity index (χ3v) is 2.55. The largest absolute Gasteiger partial charge is 0.479 e. The molecule has 8 heteroatoms. The molecule has 0 atom stereocenters. The van der Waals surface area contributed by atoms with E-state index in [1.165, 1.54) is 37.7 Å². The van der Waals surface area contributed by atoms with Gasteiger partial charge in [-0.15, -0.1) is 0 Å². The van der Waals surface area contributed by atoms with Crippen LogP contribution in [-0.2, 0) is 11.3 Å². The van der Waals surface area contributed by atoms with E-state index < -0.39 is 10.9 Å². The molecular weight excluding hydrogens is 278 g/mol. The van der Waals surface area contributed by atoms with Crippen LogP contribution in [0.3, 0.4) is 0 Å². The number of ether oxygens (including phenoxy) is 2. The van der Waals surface area contributed by atoms with E-state index in [-0.39, 0.29) is 18.2 Å². The Kier molecular flexibility index (Phi) is 4.39. The number of hydrogen-bond donors (Lipinski definition) is 0. The van der Waals surface area contributed by atoms with Crippen LogP contribution in [0.15, 0.2) is 36.7 Å². The van der Waals surface area contributed by atoms with Crippen LogP contribution >= 0.6 is 0 Å². The van der Waals surface area contributed by atoms with E-state index in [4.69, 9.17) is 4.74 Å². The number of nitrogens with zero attached hydrogens (tertiary/aromatic N) is 3. The molecule has 0 saturated heterocycles. The molecule has 0 fully saturated rings. The number of pyridine rings is 2. The van der Waals surface area contributed by atoms with Crippen molar-refractivity contribution in [2.45, 2.75) is 6.61 Å². The number of hydrogen-bond acceptors (Lipinski definition) is 7. The molecule has 0 N–H and O–H groups in total. The fraction of sp³-hybridized carbons (Fsp3) is 0.154. The van der Waals surface area contributed by atoms with Crippen molar-refractivity contribution in [3.8, 4) is 5.75 Å². The van der Waals surface area contributed by atoms with Gasteiger partial charge in [-0.1, -0.05) is 0 Å². The molecule has 0 spiro atoms. The third-order valence-electron chi connectivity index (χ3n) is 2.55. The van der Waals surface area contributed by atoms with Gasteiger partial charge in [0.25, 0.3) is 0 Å². The second-order valence-corrected chi connectivity index (χ2v) is 3.90. The maximum absolute atomic E-state index is 11.2. The van der Waals surface area contributed by atoms with Crippen molar-refractivity contribution in [2.24, 2.45) is 0 Å². The van der Waals surface area contributed by atoms with Crippen molar-refractivity contribution in [3.05, 3.63) is 58.0 Å². The van der Waals surface area contributed by atoms with Gasteiger partial charge in [0.1, 0.15) is 12.8 Å². The minimum atomic E-state index is -0.622. The van der Waals surface area contributed by atoms with Crippen molar-refractivity contribution in [3.63, 3.8) is 0 Å². The monoisotopic (exact) mass is 289 g/mol. The molecule has 2 heterocycles. The van der Waals surface area contributed by atoms with Crippen LogP contribution in [-0.4, -0.2) is 28.0 Å². The SMILES string of the molecule is COC(=O)c1ccc(COc2cccnc2[N+](=O)[O-])nc1. The second kappa shape index (κ2) is 6.42. The molecule has 0 aliphatic heterocycles. The van der Waals surface area contributed by atoms with Gasteiger partial charge in [-0.25, -0.2) is 4.79 Å². The Bertz CT molecular complexity index is 657. The van der Waals surface area contributed by atoms with Crippen LogP contribution in [0.25, 0.3) is 0 Å². The van der Waals surface area contributed by atoms with E-state index in [0.29, 0.717) is 11.3 Å². The van der Waals surface area contributed by atoms with E-state index in [0.717, 1.165) is 0 Å². The molecule has 2 aromatic heterocycles. The lowest BCUT2D eigenvalue weighted by molar-refractivity contribution is -0.390. The van der Waals surface area contributed by atoms with E-state index in [1.807, 2.05) is 0 Å². The number of aromatic nitrogens is 2. The minimum absolute atomic E-state index is 0.0218. The summed E-state index contributed by atoms with van der Waals surface area (Å²) in [6, 6.07) is 6.10. The summed E-state index contributed by atoms with van der Waals surface area (Å²) in [5.41, 5.74) is 0.828. The summed E-state index contributed by atoms with van der Waals surface area (Å²) >= 11 is 0. The standard InChI is InChI=1S/C13H11N3O5/c1-20-13(17)9-4-5-10(15-7-9)8-21-11-3-2-6-14-12(11)16(18)19/h2-7H,8H2,1H3. The number of carbonyl (C=O) groups is 1. The predicted octanol–water partition coefficient (Wildman–Crippen LogP) is 1.75. The Morgan fingerprint density at radius 1 is 1.33 bits per heavy atom. The van der Waals surface area contributed by atoms with Crippen LogP contribution < -0.4 is 4.74 Å². The van der Waals surface area contributed by atoms with Crippen LogP contribution in [0, 0.1) is 10.1 Å². The number of nitro groups is 1. The molecule has 0 amide bonds. The summed E-state index contributed by atoms with van der Waals surface area (Å²) in [7, 11) is 1.28. The smallest absolute Gasteiger partial charge is 0.406 e. The first-order valence-electron chi connectivity index (χ1n) is 5.87. The molecule has 0 unspecified atom stereocenters. The Morgan fingerprint density at radius 2 is 2.14 bits per heavy atom. The number of esters is 1. The highest BCUT2D eigenvalue weighted by Gasteiger charge is 2.15. The summed E-state index contributed by atoms with van der Waals surface area (Å²) in [5.74, 6) is -0.789. The Morgan fingerprint density at radius 3 is 2.76 bits per heavy atom. The minimum Gasteiger partial charge on any atom is -0.479 e. The van der Waals surface area contributed by atoms with E-state index in [9.17, 15) is 14.9 Å². The van der Waals surface area contributed by atoms with Crippen LogP contribution in [0.4, 0.5) is 5.82 Å². The molecule has 2 aromatic rings. The van der Waals surface area contributed by atoms with Gasteiger partial charge in [0.05, 0.1) is 18.4 Å². The first-order chi connectivity index (χ1) is 10.1. The number of methoxy groups -OCH3 is 1.